The van der Waals surface area contributed by atoms with Crippen molar-refractivity contribution in [3.8, 4) is 0 Å². The van der Waals surface area contributed by atoms with E-state index >= 15 is 0 Å². The third-order valence-electron chi connectivity index (χ3n) is 4.52. The normalized spacial score (nSPS) is 15.0. The second-order valence-electron chi connectivity index (χ2n) is 7.02. The zero-order valence-electron chi connectivity index (χ0n) is 14.9. The summed E-state index contributed by atoms with van der Waals surface area (Å²) in [6, 6.07) is 6.38. The number of aryl methyl sites for hydroxylation is 1. The van der Waals surface area contributed by atoms with Gasteiger partial charge in [-0.15, -0.1) is 0 Å². The monoisotopic (exact) mass is 357 g/mol. The van der Waals surface area contributed by atoms with Crippen molar-refractivity contribution in [2.24, 2.45) is 5.92 Å². The smallest absolute Gasteiger partial charge is 0.335 e. The summed E-state index contributed by atoms with van der Waals surface area (Å²) in [5, 5.41) is 16.2. The van der Waals surface area contributed by atoms with Crippen LogP contribution in [0.1, 0.15) is 72.7 Å². The van der Waals surface area contributed by atoms with Crippen LogP contribution in [0.2, 0.25) is 0 Å². The number of hydrogen-bond acceptors (Lipinski definition) is 5. The Morgan fingerprint density at radius 1 is 1.31 bits per heavy atom. The van der Waals surface area contributed by atoms with Gasteiger partial charge in [0.15, 0.2) is 5.82 Å². The second-order valence-corrected chi connectivity index (χ2v) is 7.02. The van der Waals surface area contributed by atoms with E-state index < -0.39 is 5.97 Å². The van der Waals surface area contributed by atoms with E-state index in [9.17, 15) is 14.7 Å². The summed E-state index contributed by atoms with van der Waals surface area (Å²) in [5.41, 5.74) is 0.872. The van der Waals surface area contributed by atoms with Gasteiger partial charge in [0.25, 0.3) is 0 Å². The lowest BCUT2D eigenvalue weighted by Crippen LogP contribution is -2.32. The van der Waals surface area contributed by atoms with Gasteiger partial charge >= 0.3 is 5.97 Å². The SMILES string of the molecule is CC(C)C(NC(=O)CCc1ccccc1C(=O)O)c1nc(C2CC2)no1. The van der Waals surface area contributed by atoms with Gasteiger partial charge in [0.05, 0.1) is 5.56 Å². The van der Waals surface area contributed by atoms with Crippen LogP contribution in [0, 0.1) is 5.92 Å². The molecule has 1 aliphatic rings. The third-order valence-corrected chi connectivity index (χ3v) is 4.52. The Morgan fingerprint density at radius 2 is 2.04 bits per heavy atom. The summed E-state index contributed by atoms with van der Waals surface area (Å²) < 4.78 is 5.35. The minimum absolute atomic E-state index is 0.0951. The lowest BCUT2D eigenvalue weighted by Gasteiger charge is -2.18. The van der Waals surface area contributed by atoms with E-state index in [1.807, 2.05) is 13.8 Å². The van der Waals surface area contributed by atoms with Crippen LogP contribution in [0.25, 0.3) is 0 Å². The number of nitrogens with one attached hydrogen (secondary N) is 1. The predicted octanol–water partition coefficient (Wildman–Crippen LogP) is 3.09. The predicted molar refractivity (Wildman–Crippen MR) is 93.7 cm³/mol. The number of carboxylic acids is 1. The van der Waals surface area contributed by atoms with Gasteiger partial charge in [0, 0.05) is 12.3 Å². The topological polar surface area (TPSA) is 105 Å². The van der Waals surface area contributed by atoms with E-state index in [1.54, 1.807) is 24.3 Å². The number of benzene rings is 1. The Balaban J connectivity index is 1.62. The molecule has 1 aromatic carbocycles. The molecule has 1 fully saturated rings. The number of carbonyl (C=O) groups is 2. The van der Waals surface area contributed by atoms with Gasteiger partial charge in [-0.05, 0) is 36.8 Å². The summed E-state index contributed by atoms with van der Waals surface area (Å²) in [4.78, 5) is 28.1. The Kier molecular flexibility index (Phi) is 5.35. The van der Waals surface area contributed by atoms with E-state index in [0.717, 1.165) is 18.7 Å². The van der Waals surface area contributed by atoms with Crippen LogP contribution in [-0.4, -0.2) is 27.1 Å². The second kappa shape index (κ2) is 7.68. The summed E-state index contributed by atoms with van der Waals surface area (Å²) in [6.45, 7) is 3.96. The molecule has 1 saturated carbocycles. The molecule has 3 rings (SSSR count). The lowest BCUT2D eigenvalue weighted by atomic mass is 10.0. The van der Waals surface area contributed by atoms with Crippen LogP contribution in [0.15, 0.2) is 28.8 Å². The molecule has 0 spiro atoms. The van der Waals surface area contributed by atoms with Gasteiger partial charge < -0.3 is 14.9 Å². The molecular formula is C19H23N3O4. The molecule has 26 heavy (non-hydrogen) atoms. The average molecular weight is 357 g/mol. The molecule has 1 atom stereocenters. The van der Waals surface area contributed by atoms with Crippen LogP contribution in [-0.2, 0) is 11.2 Å². The fourth-order valence-electron chi connectivity index (χ4n) is 2.84. The zero-order chi connectivity index (χ0) is 18.7. The molecule has 7 nitrogen and oxygen atoms in total. The highest BCUT2D eigenvalue weighted by molar-refractivity contribution is 5.89. The molecule has 1 aromatic heterocycles. The number of carbonyl (C=O) groups excluding carboxylic acids is 1. The summed E-state index contributed by atoms with van der Waals surface area (Å²) in [7, 11) is 0. The van der Waals surface area contributed by atoms with Crippen LogP contribution < -0.4 is 5.32 Å². The maximum Gasteiger partial charge on any atom is 0.335 e. The Bertz CT molecular complexity index is 796. The van der Waals surface area contributed by atoms with Crippen LogP contribution in [0.5, 0.6) is 0 Å². The number of amides is 1. The number of carboxylic acid groups (broad SMARTS) is 1. The molecule has 1 unspecified atom stereocenters. The van der Waals surface area contributed by atoms with Crippen molar-refractivity contribution in [3.05, 3.63) is 47.1 Å². The molecule has 0 radical (unpaired) electrons. The van der Waals surface area contributed by atoms with E-state index in [0.29, 0.717) is 23.8 Å². The molecule has 7 heteroatoms. The molecule has 1 aliphatic carbocycles. The molecular weight excluding hydrogens is 334 g/mol. The van der Waals surface area contributed by atoms with Crippen molar-refractivity contribution in [1.82, 2.24) is 15.5 Å². The summed E-state index contributed by atoms with van der Waals surface area (Å²) in [5.74, 6) is 0.479. The fourth-order valence-corrected chi connectivity index (χ4v) is 2.84. The standard InChI is InChI=1S/C19H23N3O4/c1-11(2)16(18-21-17(22-26-18)13-7-8-13)20-15(23)10-9-12-5-3-4-6-14(12)19(24)25/h3-6,11,13,16H,7-10H2,1-2H3,(H,20,23)(H,24,25). The number of aromatic nitrogens is 2. The van der Waals surface area contributed by atoms with E-state index in [-0.39, 0.29) is 29.9 Å². The van der Waals surface area contributed by atoms with Crippen LogP contribution in [0.4, 0.5) is 0 Å². The maximum absolute atomic E-state index is 12.4. The zero-order valence-corrected chi connectivity index (χ0v) is 14.9. The van der Waals surface area contributed by atoms with Crippen LogP contribution >= 0.6 is 0 Å². The van der Waals surface area contributed by atoms with Gasteiger partial charge in [-0.2, -0.15) is 4.98 Å². The minimum Gasteiger partial charge on any atom is -0.478 e. The van der Waals surface area contributed by atoms with E-state index in [2.05, 4.69) is 15.5 Å². The highest BCUT2D eigenvalue weighted by Gasteiger charge is 2.31. The molecule has 138 valence electrons. The third kappa shape index (κ3) is 4.28. The Morgan fingerprint density at radius 3 is 2.69 bits per heavy atom. The largest absolute Gasteiger partial charge is 0.478 e. The first-order chi connectivity index (χ1) is 12.5. The van der Waals surface area contributed by atoms with Crippen molar-refractivity contribution in [2.45, 2.75) is 51.5 Å². The number of nitrogens with zero attached hydrogens (tertiary/aromatic N) is 2. The van der Waals surface area contributed by atoms with Gasteiger partial charge in [-0.3, -0.25) is 4.79 Å². The van der Waals surface area contributed by atoms with Crippen molar-refractivity contribution >= 4 is 11.9 Å². The Hall–Kier alpha value is -2.70. The van der Waals surface area contributed by atoms with E-state index in [4.69, 9.17) is 4.52 Å². The fraction of sp³-hybridized carbons (Fsp3) is 0.474. The van der Waals surface area contributed by atoms with Gasteiger partial charge in [0.1, 0.15) is 6.04 Å². The van der Waals surface area contributed by atoms with Gasteiger partial charge in [-0.25, -0.2) is 4.79 Å². The minimum atomic E-state index is -0.987. The molecule has 0 saturated heterocycles. The average Bonchev–Trinajstić information content (AvgIpc) is 3.35. The first-order valence-corrected chi connectivity index (χ1v) is 8.89. The molecule has 2 N–H and O–H groups in total. The van der Waals surface area contributed by atoms with Crippen molar-refractivity contribution < 1.29 is 19.2 Å². The number of hydrogen-bond donors (Lipinski definition) is 2. The number of rotatable bonds is 8. The molecule has 1 amide bonds. The maximum atomic E-state index is 12.4. The Labute approximate surface area is 151 Å². The molecule has 0 bridgehead atoms. The lowest BCUT2D eigenvalue weighted by molar-refractivity contribution is -0.122. The van der Waals surface area contributed by atoms with Gasteiger partial charge in [-0.1, -0.05) is 37.2 Å². The van der Waals surface area contributed by atoms with Gasteiger partial charge in [0.2, 0.25) is 11.8 Å². The molecule has 1 heterocycles. The number of aromatic carboxylic acids is 1. The highest BCUT2D eigenvalue weighted by atomic mass is 16.5. The summed E-state index contributed by atoms with van der Waals surface area (Å²) in [6.07, 6.45) is 2.72. The van der Waals surface area contributed by atoms with Crippen molar-refractivity contribution in [1.29, 1.82) is 0 Å². The van der Waals surface area contributed by atoms with Crippen molar-refractivity contribution in [2.75, 3.05) is 0 Å². The quantitative estimate of drug-likeness (QED) is 0.752. The molecule has 0 aliphatic heterocycles. The molecule has 2 aromatic rings. The highest BCUT2D eigenvalue weighted by Crippen LogP contribution is 2.38. The first-order valence-electron chi connectivity index (χ1n) is 8.89. The first kappa shape index (κ1) is 18.1. The van der Waals surface area contributed by atoms with Crippen LogP contribution in [0.3, 0.4) is 0 Å². The van der Waals surface area contributed by atoms with E-state index in [1.165, 1.54) is 0 Å². The summed E-state index contributed by atoms with van der Waals surface area (Å²) >= 11 is 0. The van der Waals surface area contributed by atoms with Crippen molar-refractivity contribution in [3.63, 3.8) is 0 Å².